The smallest absolute Gasteiger partial charge is 0.118 e. The third kappa shape index (κ3) is 4.67. The second kappa shape index (κ2) is 7.12. The number of hydrogen-bond acceptors (Lipinski definition) is 4. The van der Waals surface area contributed by atoms with E-state index in [-0.39, 0.29) is 0 Å². The standard InChI is InChI=1S/C14H17BrN2OS/c1-10(2)17-8-11-5-6-12(18-11)9-19-14-13(15)4-3-7-16-14/h3-7,10,17H,8-9H2,1-2H3. The first-order valence-electron chi connectivity index (χ1n) is 6.19. The van der Waals surface area contributed by atoms with Crippen LogP contribution in [-0.2, 0) is 12.3 Å². The molecule has 0 aliphatic heterocycles. The lowest BCUT2D eigenvalue weighted by Crippen LogP contribution is -2.21. The first-order chi connectivity index (χ1) is 9.15. The van der Waals surface area contributed by atoms with Gasteiger partial charge in [0.2, 0.25) is 0 Å². The molecule has 5 heteroatoms. The van der Waals surface area contributed by atoms with E-state index in [4.69, 9.17) is 4.42 Å². The Labute approximate surface area is 126 Å². The number of hydrogen-bond donors (Lipinski definition) is 1. The van der Waals surface area contributed by atoms with E-state index >= 15 is 0 Å². The summed E-state index contributed by atoms with van der Waals surface area (Å²) in [5.74, 6) is 2.74. The number of aromatic nitrogens is 1. The number of halogens is 1. The third-order valence-electron chi connectivity index (χ3n) is 2.48. The van der Waals surface area contributed by atoms with E-state index in [9.17, 15) is 0 Å². The topological polar surface area (TPSA) is 38.1 Å². The van der Waals surface area contributed by atoms with Crippen LogP contribution in [0.2, 0.25) is 0 Å². The highest BCUT2D eigenvalue weighted by atomic mass is 79.9. The van der Waals surface area contributed by atoms with Gasteiger partial charge in [-0.15, -0.1) is 0 Å². The van der Waals surface area contributed by atoms with Crippen LogP contribution < -0.4 is 5.32 Å². The molecule has 2 aromatic heterocycles. The minimum absolute atomic E-state index is 0.465. The van der Waals surface area contributed by atoms with Crippen molar-refractivity contribution in [3.63, 3.8) is 0 Å². The zero-order chi connectivity index (χ0) is 13.7. The maximum Gasteiger partial charge on any atom is 0.118 e. The Kier molecular flexibility index (Phi) is 5.48. The average Bonchev–Trinajstić information content (AvgIpc) is 2.83. The summed E-state index contributed by atoms with van der Waals surface area (Å²) in [5, 5.41) is 4.32. The summed E-state index contributed by atoms with van der Waals surface area (Å²) in [6, 6.07) is 8.43. The van der Waals surface area contributed by atoms with Crippen molar-refractivity contribution in [3.8, 4) is 0 Å². The van der Waals surface area contributed by atoms with Crippen molar-refractivity contribution in [1.29, 1.82) is 0 Å². The van der Waals surface area contributed by atoms with Gasteiger partial charge in [-0.3, -0.25) is 0 Å². The molecule has 0 fully saturated rings. The van der Waals surface area contributed by atoms with E-state index < -0.39 is 0 Å². The first kappa shape index (κ1) is 14.6. The van der Waals surface area contributed by atoms with Crippen molar-refractivity contribution in [3.05, 3.63) is 46.5 Å². The van der Waals surface area contributed by atoms with Crippen LogP contribution in [0.25, 0.3) is 0 Å². The van der Waals surface area contributed by atoms with Gasteiger partial charge in [-0.1, -0.05) is 25.6 Å². The summed E-state index contributed by atoms with van der Waals surface area (Å²) in [5.41, 5.74) is 0. The third-order valence-corrected chi connectivity index (χ3v) is 4.41. The Morgan fingerprint density at radius 3 is 2.84 bits per heavy atom. The maximum atomic E-state index is 5.77. The fraction of sp³-hybridized carbons (Fsp3) is 0.357. The van der Waals surface area contributed by atoms with Crippen LogP contribution in [0.1, 0.15) is 25.4 Å². The molecule has 3 nitrogen and oxygen atoms in total. The van der Waals surface area contributed by atoms with Gasteiger partial charge in [0.05, 0.1) is 12.3 Å². The van der Waals surface area contributed by atoms with Crippen LogP contribution in [0.4, 0.5) is 0 Å². The molecule has 19 heavy (non-hydrogen) atoms. The molecule has 0 amide bonds. The molecule has 2 heterocycles. The summed E-state index contributed by atoms with van der Waals surface area (Å²) in [7, 11) is 0. The molecule has 1 N–H and O–H groups in total. The van der Waals surface area contributed by atoms with E-state index in [0.29, 0.717) is 6.04 Å². The lowest BCUT2D eigenvalue weighted by molar-refractivity contribution is 0.445. The van der Waals surface area contributed by atoms with Gasteiger partial charge < -0.3 is 9.73 Å². The predicted molar refractivity (Wildman–Crippen MR) is 82.2 cm³/mol. The van der Waals surface area contributed by atoms with Crippen LogP contribution in [0.3, 0.4) is 0 Å². The Hall–Kier alpha value is -0.780. The molecule has 0 aliphatic rings. The van der Waals surface area contributed by atoms with Crippen molar-refractivity contribution in [2.24, 2.45) is 0 Å². The zero-order valence-corrected chi connectivity index (χ0v) is 13.4. The predicted octanol–water partition coefficient (Wildman–Crippen LogP) is 4.23. The monoisotopic (exact) mass is 340 g/mol. The van der Waals surface area contributed by atoms with Crippen LogP contribution in [0, 0.1) is 0 Å². The maximum absolute atomic E-state index is 5.77. The molecule has 0 aromatic carbocycles. The minimum atomic E-state index is 0.465. The fourth-order valence-corrected chi connectivity index (χ4v) is 2.89. The number of nitrogens with zero attached hydrogens (tertiary/aromatic N) is 1. The minimum Gasteiger partial charge on any atom is -0.464 e. The molecule has 0 spiro atoms. The summed E-state index contributed by atoms with van der Waals surface area (Å²) in [6.07, 6.45) is 1.80. The van der Waals surface area contributed by atoms with E-state index in [1.807, 2.05) is 24.3 Å². The second-order valence-corrected chi connectivity index (χ2v) is 6.30. The van der Waals surface area contributed by atoms with E-state index in [2.05, 4.69) is 40.1 Å². The summed E-state index contributed by atoms with van der Waals surface area (Å²) in [4.78, 5) is 4.32. The molecule has 2 rings (SSSR count). The SMILES string of the molecule is CC(C)NCc1ccc(CSc2ncccc2Br)o1. The van der Waals surface area contributed by atoms with Crippen molar-refractivity contribution < 1.29 is 4.42 Å². The fourth-order valence-electron chi connectivity index (χ4n) is 1.52. The van der Waals surface area contributed by atoms with Gasteiger partial charge >= 0.3 is 0 Å². The Morgan fingerprint density at radius 1 is 1.32 bits per heavy atom. The molecule has 102 valence electrons. The highest BCUT2D eigenvalue weighted by Gasteiger charge is 2.06. The van der Waals surface area contributed by atoms with Crippen LogP contribution >= 0.6 is 27.7 Å². The van der Waals surface area contributed by atoms with E-state index in [1.54, 1.807) is 18.0 Å². The Balaban J connectivity index is 1.88. The number of nitrogens with one attached hydrogen (secondary N) is 1. The molecule has 0 unspecified atom stereocenters. The molecule has 0 saturated carbocycles. The molecule has 0 aliphatic carbocycles. The van der Waals surface area contributed by atoms with E-state index in [1.165, 1.54) is 0 Å². The van der Waals surface area contributed by atoms with Crippen molar-refractivity contribution in [2.75, 3.05) is 0 Å². The second-order valence-electron chi connectivity index (χ2n) is 4.48. The molecule has 0 atom stereocenters. The van der Waals surface area contributed by atoms with Gasteiger partial charge in [0.15, 0.2) is 0 Å². The van der Waals surface area contributed by atoms with E-state index in [0.717, 1.165) is 33.3 Å². The van der Waals surface area contributed by atoms with Crippen LogP contribution in [0.15, 0.2) is 44.4 Å². The van der Waals surface area contributed by atoms with Crippen molar-refractivity contribution in [1.82, 2.24) is 10.3 Å². The summed E-state index contributed by atoms with van der Waals surface area (Å²) in [6.45, 7) is 5.02. The van der Waals surface area contributed by atoms with Crippen LogP contribution in [-0.4, -0.2) is 11.0 Å². The molecule has 2 aromatic rings. The largest absolute Gasteiger partial charge is 0.464 e. The van der Waals surface area contributed by atoms with Gasteiger partial charge in [0, 0.05) is 16.7 Å². The highest BCUT2D eigenvalue weighted by Crippen LogP contribution is 2.28. The lowest BCUT2D eigenvalue weighted by atomic mass is 10.3. The molecular formula is C14H17BrN2OS. The van der Waals surface area contributed by atoms with Crippen molar-refractivity contribution in [2.45, 2.75) is 37.2 Å². The van der Waals surface area contributed by atoms with Gasteiger partial charge in [-0.2, -0.15) is 0 Å². The normalized spacial score (nSPS) is 11.2. The lowest BCUT2D eigenvalue weighted by Gasteiger charge is -2.05. The number of furan rings is 1. The molecule has 0 saturated heterocycles. The van der Waals surface area contributed by atoms with Crippen molar-refractivity contribution >= 4 is 27.7 Å². The zero-order valence-electron chi connectivity index (χ0n) is 11.0. The molecular weight excluding hydrogens is 324 g/mol. The molecule has 0 radical (unpaired) electrons. The summed E-state index contributed by atoms with van der Waals surface area (Å²) >= 11 is 5.16. The van der Waals surface area contributed by atoms with Gasteiger partial charge in [-0.05, 0) is 40.2 Å². The quantitative estimate of drug-likeness (QED) is 0.798. The Bertz CT molecular complexity index is 528. The van der Waals surface area contributed by atoms with Gasteiger partial charge in [0.1, 0.15) is 16.5 Å². The van der Waals surface area contributed by atoms with Gasteiger partial charge in [0.25, 0.3) is 0 Å². The number of pyridine rings is 1. The number of rotatable bonds is 6. The number of thioether (sulfide) groups is 1. The summed E-state index contributed by atoms with van der Waals surface area (Å²) < 4.78 is 6.79. The Morgan fingerprint density at radius 2 is 2.11 bits per heavy atom. The van der Waals surface area contributed by atoms with Crippen LogP contribution in [0.5, 0.6) is 0 Å². The average molecular weight is 341 g/mol. The highest BCUT2D eigenvalue weighted by molar-refractivity contribution is 9.10. The van der Waals surface area contributed by atoms with Gasteiger partial charge in [-0.25, -0.2) is 4.98 Å². The molecule has 0 bridgehead atoms. The first-order valence-corrected chi connectivity index (χ1v) is 7.97.